The van der Waals surface area contributed by atoms with Gasteiger partial charge in [0.25, 0.3) is 0 Å². The molecule has 0 aromatic heterocycles. The van der Waals surface area contributed by atoms with Gasteiger partial charge < -0.3 is 0 Å². The molecule has 0 aliphatic rings. The summed E-state index contributed by atoms with van der Waals surface area (Å²) in [5, 5.41) is 0. The van der Waals surface area contributed by atoms with E-state index in [1.54, 1.807) is 0 Å². The van der Waals surface area contributed by atoms with Crippen molar-refractivity contribution in [2.24, 2.45) is 0 Å². The molecule has 0 heterocycles. The molecule has 24 valence electrons. The van der Waals surface area contributed by atoms with Crippen LogP contribution in [0.5, 0.6) is 0 Å². The Morgan fingerprint density at radius 1 is 0.500 bits per heavy atom. The minimum Gasteiger partial charge on any atom is 0 e. The predicted octanol–water partition coefficient (Wildman–Crippen LogP) is -1.19. The monoisotopic (exact) mass is 186 g/mol. The molecule has 0 radical (unpaired) electrons. The van der Waals surface area contributed by atoms with Crippen LogP contribution in [-0.4, -0.2) is 17.4 Å². The molecule has 0 N–H and O–H groups in total. The molecule has 0 amide bonds. The van der Waals surface area contributed by atoms with E-state index in [0.717, 1.165) is 0 Å². The molecule has 0 bridgehead atoms. The summed E-state index contributed by atoms with van der Waals surface area (Å²) >= 11 is 0. The van der Waals surface area contributed by atoms with Crippen molar-refractivity contribution in [2.75, 3.05) is 0 Å². The summed E-state index contributed by atoms with van der Waals surface area (Å²) in [6, 6.07) is 0. The quantitative estimate of drug-likeness (QED) is 0.417. The van der Waals surface area contributed by atoms with E-state index in [1.807, 2.05) is 0 Å². The smallest absolute Gasteiger partial charge is 0 e. The molecule has 0 atom stereocenters. The van der Waals surface area contributed by atoms with E-state index in [2.05, 4.69) is 0 Å². The maximum Gasteiger partial charge on any atom is 0.187 e. The maximum absolute atomic E-state index is 0. The summed E-state index contributed by atoms with van der Waals surface area (Å²) in [6.07, 6.45) is 0. The molecular formula is H3AlCr3. The molecular weight excluding hydrogens is 183 g/mol. The van der Waals surface area contributed by atoms with Crippen molar-refractivity contribution < 1.29 is 52.1 Å². The molecule has 0 nitrogen and oxygen atoms in total. The van der Waals surface area contributed by atoms with Gasteiger partial charge in [-0.15, -0.1) is 0 Å². The van der Waals surface area contributed by atoms with Gasteiger partial charge in [-0.2, -0.15) is 0 Å². The molecule has 0 saturated carbocycles. The van der Waals surface area contributed by atoms with E-state index >= 15 is 0 Å². The maximum atomic E-state index is 0. The van der Waals surface area contributed by atoms with Gasteiger partial charge in [-0.25, -0.2) is 0 Å². The molecule has 0 aliphatic carbocycles. The van der Waals surface area contributed by atoms with Crippen molar-refractivity contribution in [3.8, 4) is 0 Å². The second-order valence-corrected chi connectivity index (χ2v) is 0. The SMILES string of the molecule is [AlH3].[Cr].[Cr].[Cr]. The Balaban J connectivity index is 0. The Kier molecular flexibility index (Phi) is 171. The Labute approximate surface area is 68.9 Å². The summed E-state index contributed by atoms with van der Waals surface area (Å²) in [5.41, 5.74) is 0. The van der Waals surface area contributed by atoms with Crippen LogP contribution in [0, 0.1) is 0 Å². The van der Waals surface area contributed by atoms with Crippen LogP contribution in [0.15, 0.2) is 0 Å². The molecule has 4 heavy (non-hydrogen) atoms. The van der Waals surface area contributed by atoms with Crippen molar-refractivity contribution in [3.63, 3.8) is 0 Å². The van der Waals surface area contributed by atoms with E-state index in [0.29, 0.717) is 0 Å². The molecule has 0 saturated heterocycles. The Bertz CT molecular complexity index is 3.25. The number of hydrogen-bond donors (Lipinski definition) is 0. The topological polar surface area (TPSA) is 0 Å². The first-order chi connectivity index (χ1) is 0. The van der Waals surface area contributed by atoms with Gasteiger partial charge in [-0.3, -0.25) is 0 Å². The summed E-state index contributed by atoms with van der Waals surface area (Å²) in [4.78, 5) is 0. The van der Waals surface area contributed by atoms with Gasteiger partial charge in [0.15, 0.2) is 17.4 Å². The summed E-state index contributed by atoms with van der Waals surface area (Å²) in [6.45, 7) is 0. The number of hydrogen-bond acceptors (Lipinski definition) is 0. The van der Waals surface area contributed by atoms with Crippen LogP contribution in [0.25, 0.3) is 0 Å². The van der Waals surface area contributed by atoms with Crippen LogP contribution in [-0.2, 0) is 52.1 Å². The molecule has 4 heteroatoms. The Morgan fingerprint density at radius 2 is 0.500 bits per heavy atom. The average molecular weight is 186 g/mol. The Morgan fingerprint density at radius 3 is 0.500 bits per heavy atom. The minimum absolute atomic E-state index is 0. The molecule has 0 unspecified atom stereocenters. The fraction of sp³-hybridized carbons (Fsp3) is 0. The second-order valence-electron chi connectivity index (χ2n) is 0. The summed E-state index contributed by atoms with van der Waals surface area (Å²) < 4.78 is 0. The largest absolute Gasteiger partial charge is 0.187 e. The predicted molar refractivity (Wildman–Crippen MR) is 9.94 cm³/mol. The molecule has 0 fully saturated rings. The van der Waals surface area contributed by atoms with Gasteiger partial charge in [0, 0.05) is 52.1 Å². The first kappa shape index (κ1) is 35.6. The zero-order valence-corrected chi connectivity index (χ0v) is 5.05. The van der Waals surface area contributed by atoms with Crippen molar-refractivity contribution >= 4 is 17.4 Å². The third-order valence-electron chi connectivity index (χ3n) is 0. The van der Waals surface area contributed by atoms with Crippen LogP contribution in [0.3, 0.4) is 0 Å². The van der Waals surface area contributed by atoms with E-state index in [1.165, 1.54) is 0 Å². The fourth-order valence-corrected chi connectivity index (χ4v) is 0. The van der Waals surface area contributed by atoms with E-state index in [9.17, 15) is 0 Å². The van der Waals surface area contributed by atoms with Gasteiger partial charge in [-0.1, -0.05) is 0 Å². The first-order valence-electron chi connectivity index (χ1n) is 0. The zero-order valence-electron chi connectivity index (χ0n) is 1.22. The van der Waals surface area contributed by atoms with E-state index in [-0.39, 0.29) is 69.4 Å². The van der Waals surface area contributed by atoms with Crippen LogP contribution in [0.2, 0.25) is 0 Å². The van der Waals surface area contributed by atoms with Crippen LogP contribution < -0.4 is 0 Å². The standard InChI is InChI=1S/Al.3Cr.3H. The van der Waals surface area contributed by atoms with E-state index in [4.69, 9.17) is 0 Å². The zero-order chi connectivity index (χ0) is 0. The summed E-state index contributed by atoms with van der Waals surface area (Å²) in [5.74, 6) is 0. The van der Waals surface area contributed by atoms with Gasteiger partial charge in [0.05, 0.1) is 0 Å². The third kappa shape index (κ3) is 8.92. The van der Waals surface area contributed by atoms with Gasteiger partial charge in [0.1, 0.15) is 0 Å². The Hall–Kier alpha value is 2.13. The van der Waals surface area contributed by atoms with E-state index < -0.39 is 0 Å². The fourth-order valence-electron chi connectivity index (χ4n) is 0. The van der Waals surface area contributed by atoms with Crippen LogP contribution >= 0.6 is 0 Å². The number of rotatable bonds is 0. The second kappa shape index (κ2) is 19.3. The third-order valence-corrected chi connectivity index (χ3v) is 0. The molecule has 0 rings (SSSR count). The van der Waals surface area contributed by atoms with Crippen molar-refractivity contribution in [1.29, 1.82) is 0 Å². The van der Waals surface area contributed by atoms with Crippen molar-refractivity contribution in [3.05, 3.63) is 0 Å². The average Bonchev–Trinajstić information content (AvgIpc) is 0. The molecule has 0 aromatic carbocycles. The van der Waals surface area contributed by atoms with Gasteiger partial charge in [0.2, 0.25) is 0 Å². The minimum atomic E-state index is 0. The van der Waals surface area contributed by atoms with Gasteiger partial charge in [-0.05, 0) is 0 Å². The van der Waals surface area contributed by atoms with Crippen molar-refractivity contribution in [2.45, 2.75) is 0 Å². The van der Waals surface area contributed by atoms with Crippen LogP contribution in [0.4, 0.5) is 0 Å². The van der Waals surface area contributed by atoms with Crippen LogP contribution in [0.1, 0.15) is 0 Å². The first-order valence-corrected chi connectivity index (χ1v) is 0. The molecule has 0 aromatic rings. The van der Waals surface area contributed by atoms with Gasteiger partial charge >= 0.3 is 0 Å². The molecule has 0 aliphatic heterocycles. The van der Waals surface area contributed by atoms with Crippen molar-refractivity contribution in [1.82, 2.24) is 0 Å². The molecule has 0 spiro atoms. The normalized spacial score (nSPS) is 0. The summed E-state index contributed by atoms with van der Waals surface area (Å²) in [7, 11) is 0.